The first-order chi connectivity index (χ1) is 17.9. The first-order valence-electron chi connectivity index (χ1n) is 14.8. The molecule has 8 nitrogen and oxygen atoms in total. The van der Waals surface area contributed by atoms with Crippen LogP contribution in [0.2, 0.25) is 0 Å². The summed E-state index contributed by atoms with van der Waals surface area (Å²) in [4.78, 5) is 11.8. The van der Waals surface area contributed by atoms with Crippen molar-refractivity contribution in [1.82, 2.24) is 0 Å². The summed E-state index contributed by atoms with van der Waals surface area (Å²) in [7, 11) is 1.60. The lowest BCUT2D eigenvalue weighted by atomic mass is 9.42. The molecular weight excluding hydrogens is 488 g/mol. The number of aliphatic hydroxyl groups excluding tert-OH is 1. The topological polar surface area (TPSA) is 115 Å². The molecule has 0 unspecified atom stereocenters. The number of ether oxygens (including phenoxy) is 4. The van der Waals surface area contributed by atoms with Gasteiger partial charge in [0.15, 0.2) is 6.29 Å². The van der Waals surface area contributed by atoms with Crippen molar-refractivity contribution < 1.29 is 39.1 Å². The molecule has 0 radical (unpaired) electrons. The van der Waals surface area contributed by atoms with E-state index in [2.05, 4.69) is 13.8 Å². The third-order valence-electron chi connectivity index (χ3n) is 12.4. The minimum Gasteiger partial charge on any atom is -0.458 e. The van der Waals surface area contributed by atoms with Crippen LogP contribution in [-0.4, -0.2) is 76.9 Å². The lowest BCUT2D eigenvalue weighted by Gasteiger charge is -2.66. The first kappa shape index (κ1) is 27.2. The summed E-state index contributed by atoms with van der Waals surface area (Å²) < 4.78 is 23.0. The Morgan fingerprint density at radius 1 is 1.00 bits per heavy atom. The Kier molecular flexibility index (Phi) is 6.61. The van der Waals surface area contributed by atoms with E-state index >= 15 is 0 Å². The third kappa shape index (κ3) is 3.81. The summed E-state index contributed by atoms with van der Waals surface area (Å²) in [6.45, 7) is 6.67. The second kappa shape index (κ2) is 9.25. The highest BCUT2D eigenvalue weighted by atomic mass is 16.7. The maximum Gasteiger partial charge on any atom is 0.331 e. The van der Waals surface area contributed by atoms with Gasteiger partial charge in [0.1, 0.15) is 12.7 Å². The van der Waals surface area contributed by atoms with Crippen LogP contribution in [0.3, 0.4) is 0 Å². The molecule has 8 heteroatoms. The van der Waals surface area contributed by atoms with Crippen LogP contribution in [0, 0.1) is 28.6 Å². The molecule has 4 aliphatic carbocycles. The summed E-state index contributed by atoms with van der Waals surface area (Å²) in [6, 6.07) is 0. The van der Waals surface area contributed by atoms with Gasteiger partial charge in [-0.2, -0.15) is 0 Å². The molecule has 0 aromatic rings. The zero-order valence-corrected chi connectivity index (χ0v) is 23.4. The number of methoxy groups -OCH3 is 1. The summed E-state index contributed by atoms with van der Waals surface area (Å²) in [5, 5.41) is 34.9. The van der Waals surface area contributed by atoms with Crippen LogP contribution >= 0.6 is 0 Å². The smallest absolute Gasteiger partial charge is 0.331 e. The van der Waals surface area contributed by atoms with Crippen LogP contribution in [0.15, 0.2) is 11.6 Å². The molecule has 0 amide bonds. The molecule has 6 aliphatic rings. The van der Waals surface area contributed by atoms with Crippen LogP contribution in [0.5, 0.6) is 0 Å². The summed E-state index contributed by atoms with van der Waals surface area (Å²) >= 11 is 0. The quantitative estimate of drug-likeness (QED) is 0.372. The fourth-order valence-electron chi connectivity index (χ4n) is 10.0. The van der Waals surface area contributed by atoms with Crippen molar-refractivity contribution in [3.05, 3.63) is 11.6 Å². The first-order valence-corrected chi connectivity index (χ1v) is 14.8. The Balaban J connectivity index is 1.18. The van der Waals surface area contributed by atoms with Gasteiger partial charge < -0.3 is 34.3 Å². The second-order valence-electron chi connectivity index (χ2n) is 13.8. The van der Waals surface area contributed by atoms with Crippen molar-refractivity contribution >= 4 is 5.97 Å². The highest BCUT2D eigenvalue weighted by Gasteiger charge is 2.70. The predicted octanol–water partition coefficient (Wildman–Crippen LogP) is 3.25. The minimum atomic E-state index is -0.853. The molecule has 3 N–H and O–H groups in total. The zero-order valence-electron chi connectivity index (χ0n) is 23.4. The summed E-state index contributed by atoms with van der Waals surface area (Å²) in [6.07, 6.45) is 7.36. The lowest BCUT2D eigenvalue weighted by Crippen LogP contribution is -2.67. The van der Waals surface area contributed by atoms with E-state index in [1.54, 1.807) is 13.2 Å². The van der Waals surface area contributed by atoms with Crippen LogP contribution < -0.4 is 0 Å². The van der Waals surface area contributed by atoms with Crippen LogP contribution in [0.1, 0.15) is 85.0 Å². The number of hydrogen-bond acceptors (Lipinski definition) is 8. The highest BCUT2D eigenvalue weighted by molar-refractivity contribution is 5.85. The normalized spacial score (nSPS) is 54.5. The number of carbonyl (C=O) groups excluding carboxylic acids is 1. The van der Waals surface area contributed by atoms with Gasteiger partial charge >= 0.3 is 5.97 Å². The maximum absolute atomic E-state index is 12.4. The van der Waals surface area contributed by atoms with Crippen LogP contribution in [0.4, 0.5) is 0 Å². The number of carbonyl (C=O) groups is 1. The standard InChI is InChI=1S/C30H46O8/c1-17-26(32)23(35-4)14-25(37-17)38-19-5-9-27(2)21-6-10-28(3)20(18-13-24(31)36-16-18)8-12-30(28,34)22(21)7-11-29(27,33)15-19/h13,17,19-23,25-26,32-34H,5-12,14-16H2,1-4H3/t17-,19+,20-,21+,22-,23+,25+,26-,27-,28-,29+,30+/m1/s1. The van der Waals surface area contributed by atoms with E-state index in [1.165, 1.54) is 0 Å². The van der Waals surface area contributed by atoms with Gasteiger partial charge in [0.05, 0.1) is 29.5 Å². The minimum absolute atomic E-state index is 0.116. The monoisotopic (exact) mass is 534 g/mol. The number of aliphatic hydroxyl groups is 3. The Morgan fingerprint density at radius 2 is 1.74 bits per heavy atom. The fourth-order valence-corrected chi connectivity index (χ4v) is 10.0. The molecule has 2 aliphatic heterocycles. The van der Waals surface area contributed by atoms with E-state index in [9.17, 15) is 20.1 Å². The average Bonchev–Trinajstić information content (AvgIpc) is 3.41. The van der Waals surface area contributed by atoms with Gasteiger partial charge in [-0.3, -0.25) is 0 Å². The molecule has 0 bridgehead atoms. The van der Waals surface area contributed by atoms with E-state index in [1.807, 2.05) is 6.92 Å². The van der Waals surface area contributed by atoms with Crippen molar-refractivity contribution in [2.24, 2.45) is 28.6 Å². The molecule has 1 saturated heterocycles. The van der Waals surface area contributed by atoms with E-state index in [-0.39, 0.29) is 52.9 Å². The number of esters is 1. The van der Waals surface area contributed by atoms with E-state index in [0.29, 0.717) is 25.9 Å². The molecule has 12 atom stereocenters. The average molecular weight is 535 g/mol. The molecule has 6 rings (SSSR count). The number of rotatable bonds is 4. The van der Waals surface area contributed by atoms with Crippen molar-refractivity contribution in [3.63, 3.8) is 0 Å². The Morgan fingerprint density at radius 3 is 2.45 bits per heavy atom. The Hall–Kier alpha value is -1.03. The van der Waals surface area contributed by atoms with Gasteiger partial charge in [0, 0.05) is 31.4 Å². The highest BCUT2D eigenvalue weighted by Crippen LogP contribution is 2.70. The third-order valence-corrected chi connectivity index (χ3v) is 12.4. The molecule has 0 aromatic carbocycles. The van der Waals surface area contributed by atoms with Gasteiger partial charge in [0.2, 0.25) is 0 Å². The van der Waals surface area contributed by atoms with Gasteiger partial charge in [-0.1, -0.05) is 13.8 Å². The lowest BCUT2D eigenvalue weighted by molar-refractivity contribution is -0.291. The van der Waals surface area contributed by atoms with Crippen molar-refractivity contribution in [2.45, 2.75) is 127 Å². The van der Waals surface area contributed by atoms with Gasteiger partial charge in [-0.15, -0.1) is 0 Å². The second-order valence-corrected chi connectivity index (χ2v) is 13.8. The van der Waals surface area contributed by atoms with Gasteiger partial charge in [0.25, 0.3) is 0 Å². The SMILES string of the molecule is CO[C@H]1C[C@H](O[C@H]2CC[C@]3(C)[C@H]4CC[C@]5(C)[C@@H](C6=CC(=O)OC6)CC[C@]5(O)[C@@H]4CC[C@]3(O)C2)O[C@H](C)[C@H]1O. The van der Waals surface area contributed by atoms with Crippen molar-refractivity contribution in [3.8, 4) is 0 Å². The maximum atomic E-state index is 12.4. The molecule has 0 aromatic heterocycles. The van der Waals surface area contributed by atoms with Crippen LogP contribution in [-0.2, 0) is 23.7 Å². The molecule has 4 saturated carbocycles. The number of hydrogen-bond donors (Lipinski definition) is 3. The summed E-state index contributed by atoms with van der Waals surface area (Å²) in [5.41, 5.74) is -1.17. The molecule has 214 valence electrons. The van der Waals surface area contributed by atoms with E-state index in [4.69, 9.17) is 18.9 Å². The molecular formula is C30H46O8. The molecule has 2 heterocycles. The van der Waals surface area contributed by atoms with Crippen LogP contribution in [0.25, 0.3) is 0 Å². The summed E-state index contributed by atoms with van der Waals surface area (Å²) in [5.74, 6) is 0.293. The number of cyclic esters (lactones) is 1. The Labute approximate surface area is 226 Å². The molecule has 0 spiro atoms. The van der Waals surface area contributed by atoms with Gasteiger partial charge in [-0.05, 0) is 87.0 Å². The van der Waals surface area contributed by atoms with Gasteiger partial charge in [-0.25, -0.2) is 4.79 Å². The number of fused-ring (bicyclic) bond motifs is 5. The largest absolute Gasteiger partial charge is 0.458 e. The van der Waals surface area contributed by atoms with E-state index in [0.717, 1.165) is 50.5 Å². The Bertz CT molecular complexity index is 983. The van der Waals surface area contributed by atoms with Crippen molar-refractivity contribution in [2.75, 3.05) is 13.7 Å². The van der Waals surface area contributed by atoms with Crippen molar-refractivity contribution in [1.29, 1.82) is 0 Å². The van der Waals surface area contributed by atoms with E-state index < -0.39 is 23.6 Å². The fraction of sp³-hybridized carbons (Fsp3) is 0.900. The molecule has 5 fully saturated rings. The predicted molar refractivity (Wildman–Crippen MR) is 138 cm³/mol. The zero-order chi connectivity index (χ0) is 27.1. The molecule has 38 heavy (non-hydrogen) atoms.